The molecule has 0 bridgehead atoms. The third-order valence-corrected chi connectivity index (χ3v) is 3.56. The fourth-order valence-electron chi connectivity index (χ4n) is 2.46. The second-order valence-corrected chi connectivity index (χ2v) is 4.74. The van der Waals surface area contributed by atoms with Crippen LogP contribution in [0.15, 0.2) is 18.2 Å². The van der Waals surface area contributed by atoms with Gasteiger partial charge < -0.3 is 10.3 Å². The molecule has 3 amide bonds. The van der Waals surface area contributed by atoms with Gasteiger partial charge in [-0.15, -0.1) is 0 Å². The van der Waals surface area contributed by atoms with E-state index in [1.54, 1.807) is 4.90 Å². The minimum Gasteiger partial charge on any atom is -0.319 e. The summed E-state index contributed by atoms with van der Waals surface area (Å²) in [5.41, 5.74) is 9.46. The summed E-state index contributed by atoms with van der Waals surface area (Å²) in [7, 11) is 0. The number of urea groups is 1. The van der Waals surface area contributed by atoms with E-state index < -0.39 is 0 Å². The first-order valence-electron chi connectivity index (χ1n) is 6.44. The topological polar surface area (TPSA) is 73.5 Å². The average molecular weight is 260 g/mol. The number of hydrogen-bond acceptors (Lipinski definition) is 4. The van der Waals surface area contributed by atoms with Crippen molar-refractivity contribution in [1.29, 1.82) is 0 Å². The summed E-state index contributed by atoms with van der Waals surface area (Å²) in [6.45, 7) is 2.53. The van der Waals surface area contributed by atoms with Crippen LogP contribution in [0.1, 0.15) is 30.6 Å². The van der Waals surface area contributed by atoms with Gasteiger partial charge in [0, 0.05) is 18.5 Å². The fourth-order valence-corrected chi connectivity index (χ4v) is 2.46. The summed E-state index contributed by atoms with van der Waals surface area (Å²) in [6.07, 6.45) is 1.08. The predicted octanol–water partition coefficient (Wildman–Crippen LogP) is 1.12. The van der Waals surface area contributed by atoms with Crippen molar-refractivity contribution in [3.05, 3.63) is 29.3 Å². The number of nitrogens with one attached hydrogen (secondary N) is 3. The normalized spacial score (nSPS) is 21.9. The zero-order chi connectivity index (χ0) is 13.4. The number of hydrogen-bond donors (Lipinski definition) is 3. The maximum Gasteiger partial charge on any atom is 0.325 e. The Morgan fingerprint density at radius 2 is 2.21 bits per heavy atom. The van der Waals surface area contributed by atoms with Crippen LogP contribution in [0.25, 0.3) is 0 Å². The molecule has 0 saturated carbocycles. The molecule has 1 aromatic carbocycles. The van der Waals surface area contributed by atoms with Crippen molar-refractivity contribution < 1.29 is 9.59 Å². The molecule has 1 saturated heterocycles. The first-order chi connectivity index (χ1) is 9.19. The lowest BCUT2D eigenvalue weighted by molar-refractivity contribution is -0.121. The van der Waals surface area contributed by atoms with Crippen LogP contribution in [0.5, 0.6) is 0 Å². The molecule has 0 aromatic heterocycles. The van der Waals surface area contributed by atoms with Gasteiger partial charge in [-0.2, -0.15) is 0 Å². The number of rotatable bonds is 2. The molecular weight excluding hydrogens is 244 g/mol. The summed E-state index contributed by atoms with van der Waals surface area (Å²) in [5.74, 6) is -0.214. The van der Waals surface area contributed by atoms with Gasteiger partial charge in [-0.3, -0.25) is 10.1 Å². The minimum atomic E-state index is -0.344. The maximum atomic E-state index is 11.9. The van der Waals surface area contributed by atoms with Gasteiger partial charge in [-0.1, -0.05) is 19.1 Å². The minimum absolute atomic E-state index is 0.214. The molecular formula is C13H16N4O2. The first-order valence-corrected chi connectivity index (χ1v) is 6.44. The van der Waals surface area contributed by atoms with Crippen LogP contribution in [0, 0.1) is 0 Å². The molecule has 6 heteroatoms. The van der Waals surface area contributed by atoms with Crippen molar-refractivity contribution >= 4 is 17.6 Å². The molecule has 2 aliphatic rings. The van der Waals surface area contributed by atoms with Gasteiger partial charge in [-0.05, 0) is 18.1 Å². The molecule has 1 aromatic rings. The molecule has 1 unspecified atom stereocenters. The van der Waals surface area contributed by atoms with E-state index in [2.05, 4.69) is 35.2 Å². The van der Waals surface area contributed by atoms with E-state index in [1.165, 1.54) is 5.56 Å². The molecule has 1 atom stereocenters. The van der Waals surface area contributed by atoms with E-state index in [0.29, 0.717) is 13.0 Å². The molecule has 3 rings (SSSR count). The lowest BCUT2D eigenvalue weighted by atomic mass is 10.1. The summed E-state index contributed by atoms with van der Waals surface area (Å²) in [5, 5.41) is 2.34. The predicted molar refractivity (Wildman–Crippen MR) is 70.2 cm³/mol. The fraction of sp³-hybridized carbons (Fsp3) is 0.385. The van der Waals surface area contributed by atoms with Gasteiger partial charge in [0.2, 0.25) is 5.91 Å². The largest absolute Gasteiger partial charge is 0.325 e. The number of benzene rings is 1. The molecule has 100 valence electrons. The summed E-state index contributed by atoms with van der Waals surface area (Å²) in [4.78, 5) is 24.6. The Bertz CT molecular complexity index is 543. The van der Waals surface area contributed by atoms with Gasteiger partial charge in [0.1, 0.15) is 6.17 Å². The molecule has 3 N–H and O–H groups in total. The lowest BCUT2D eigenvalue weighted by Crippen LogP contribution is -2.53. The van der Waals surface area contributed by atoms with Crippen molar-refractivity contribution in [2.24, 2.45) is 0 Å². The van der Waals surface area contributed by atoms with E-state index in [4.69, 9.17) is 0 Å². The Hall–Kier alpha value is -2.08. The zero-order valence-electron chi connectivity index (χ0n) is 10.7. The highest BCUT2D eigenvalue weighted by molar-refractivity contribution is 5.96. The average Bonchev–Trinajstić information content (AvgIpc) is 2.81. The van der Waals surface area contributed by atoms with E-state index in [9.17, 15) is 9.59 Å². The zero-order valence-corrected chi connectivity index (χ0v) is 10.7. The quantitative estimate of drug-likeness (QED) is 0.745. The molecule has 2 aliphatic heterocycles. The highest BCUT2D eigenvalue weighted by Crippen LogP contribution is 2.32. The van der Waals surface area contributed by atoms with Crippen molar-refractivity contribution in [1.82, 2.24) is 15.6 Å². The number of aryl methyl sites for hydroxylation is 1. The molecule has 1 fully saturated rings. The monoisotopic (exact) mass is 260 g/mol. The van der Waals surface area contributed by atoms with Crippen molar-refractivity contribution in [3.8, 4) is 0 Å². The molecule has 2 heterocycles. The standard InChI is InChI=1S/C13H16N4O2/c1-2-8-3-4-9-10(7-8)15-16-12(9)17-6-5-11(18)14-13(17)19/h3-4,7,12,15-16H,2,5-6H2,1H3,(H,14,18,19). The van der Waals surface area contributed by atoms with Crippen LogP contribution in [0.3, 0.4) is 0 Å². The van der Waals surface area contributed by atoms with E-state index >= 15 is 0 Å². The van der Waals surface area contributed by atoms with Crippen LogP contribution in [0.4, 0.5) is 10.5 Å². The van der Waals surface area contributed by atoms with Crippen LogP contribution in [-0.2, 0) is 11.2 Å². The number of carbonyl (C=O) groups excluding carboxylic acids is 2. The molecule has 0 aliphatic carbocycles. The van der Waals surface area contributed by atoms with Crippen LogP contribution in [-0.4, -0.2) is 23.4 Å². The van der Waals surface area contributed by atoms with Crippen molar-refractivity contribution in [3.63, 3.8) is 0 Å². The van der Waals surface area contributed by atoms with Gasteiger partial charge >= 0.3 is 6.03 Å². The smallest absolute Gasteiger partial charge is 0.319 e. The van der Waals surface area contributed by atoms with Crippen LogP contribution < -0.4 is 16.2 Å². The number of fused-ring (bicyclic) bond motifs is 1. The summed E-state index contributed by atoms with van der Waals surface area (Å²) in [6, 6.07) is 5.82. The van der Waals surface area contributed by atoms with E-state index in [1.807, 2.05) is 6.07 Å². The second-order valence-electron chi connectivity index (χ2n) is 4.74. The number of hydrazine groups is 1. The van der Waals surface area contributed by atoms with Gasteiger partial charge in [0.25, 0.3) is 0 Å². The lowest BCUT2D eigenvalue weighted by Gasteiger charge is -2.31. The van der Waals surface area contributed by atoms with Gasteiger partial charge in [-0.25, -0.2) is 10.2 Å². The van der Waals surface area contributed by atoms with Crippen LogP contribution in [0.2, 0.25) is 0 Å². The number of amides is 3. The van der Waals surface area contributed by atoms with Crippen molar-refractivity contribution in [2.45, 2.75) is 25.9 Å². The molecule has 0 radical (unpaired) electrons. The summed E-state index contributed by atoms with van der Waals surface area (Å²) < 4.78 is 0. The molecule has 0 spiro atoms. The second kappa shape index (κ2) is 4.55. The summed E-state index contributed by atoms with van der Waals surface area (Å²) >= 11 is 0. The van der Waals surface area contributed by atoms with Crippen LogP contribution >= 0.6 is 0 Å². The highest BCUT2D eigenvalue weighted by Gasteiger charge is 2.34. The Morgan fingerprint density at radius 3 is 2.95 bits per heavy atom. The number of carbonyl (C=O) groups is 2. The van der Waals surface area contributed by atoms with Gasteiger partial charge in [0.15, 0.2) is 0 Å². The third kappa shape index (κ3) is 2.04. The Kier molecular flexibility index (Phi) is 2.87. The van der Waals surface area contributed by atoms with Crippen molar-refractivity contribution in [2.75, 3.05) is 12.0 Å². The molecule has 6 nitrogen and oxygen atoms in total. The Morgan fingerprint density at radius 1 is 1.37 bits per heavy atom. The first kappa shape index (κ1) is 12.0. The number of imide groups is 1. The maximum absolute atomic E-state index is 11.9. The third-order valence-electron chi connectivity index (χ3n) is 3.56. The number of anilines is 1. The van der Waals surface area contributed by atoms with Gasteiger partial charge in [0.05, 0.1) is 5.69 Å². The highest BCUT2D eigenvalue weighted by atomic mass is 16.2. The SMILES string of the molecule is CCc1ccc2c(c1)NNC2N1CCC(=O)NC1=O. The molecule has 19 heavy (non-hydrogen) atoms. The van der Waals surface area contributed by atoms with E-state index in [0.717, 1.165) is 17.7 Å². The number of nitrogens with zero attached hydrogens (tertiary/aromatic N) is 1. The van der Waals surface area contributed by atoms with E-state index in [-0.39, 0.29) is 18.1 Å². The Labute approximate surface area is 111 Å². The Balaban J connectivity index is 1.86.